The molecule has 0 unspecified atom stereocenters. The van der Waals surface area contributed by atoms with Gasteiger partial charge in [-0.25, -0.2) is 4.68 Å². The number of rotatable bonds is 4. The van der Waals surface area contributed by atoms with Crippen LogP contribution in [0.2, 0.25) is 0 Å². The van der Waals surface area contributed by atoms with E-state index >= 15 is 0 Å². The maximum absolute atomic E-state index is 12.0. The number of fused-ring (bicyclic) bond motifs is 1. The van der Waals surface area contributed by atoms with Crippen molar-refractivity contribution in [2.24, 2.45) is 0 Å². The molecule has 16 heavy (non-hydrogen) atoms. The van der Waals surface area contributed by atoms with Crippen LogP contribution in [0.1, 0.15) is 12.8 Å². The molecule has 0 atom stereocenters. The molecule has 0 aliphatic rings. The van der Waals surface area contributed by atoms with Gasteiger partial charge in [0.25, 0.3) is 5.56 Å². The van der Waals surface area contributed by atoms with Crippen LogP contribution < -0.4 is 5.56 Å². The van der Waals surface area contributed by atoms with Gasteiger partial charge >= 0.3 is 0 Å². The second-order valence-electron chi connectivity index (χ2n) is 3.69. The van der Waals surface area contributed by atoms with E-state index in [0.29, 0.717) is 6.54 Å². The lowest BCUT2D eigenvalue weighted by Gasteiger charge is -2.04. The zero-order chi connectivity index (χ0) is 11.4. The molecule has 0 saturated heterocycles. The van der Waals surface area contributed by atoms with Gasteiger partial charge in [0.1, 0.15) is 0 Å². The van der Waals surface area contributed by atoms with Crippen molar-refractivity contribution in [2.75, 3.05) is 0 Å². The SMILES string of the molecule is C=CCCCn1ncc2ccccc2c1=O. The molecular formula is C13H14N2O. The Kier molecular flexibility index (Phi) is 3.15. The molecule has 3 heteroatoms. The first-order valence-electron chi connectivity index (χ1n) is 5.38. The summed E-state index contributed by atoms with van der Waals surface area (Å²) < 4.78 is 1.52. The molecule has 0 aliphatic carbocycles. The Hall–Kier alpha value is -1.90. The summed E-state index contributed by atoms with van der Waals surface area (Å²) in [5.74, 6) is 0. The minimum absolute atomic E-state index is 0.0119. The van der Waals surface area contributed by atoms with Gasteiger partial charge in [-0.2, -0.15) is 5.10 Å². The number of benzene rings is 1. The van der Waals surface area contributed by atoms with Gasteiger partial charge in [-0.3, -0.25) is 4.79 Å². The molecule has 0 amide bonds. The fourth-order valence-corrected chi connectivity index (χ4v) is 1.67. The molecule has 0 radical (unpaired) electrons. The standard InChI is InChI=1S/C13H14N2O/c1-2-3-6-9-15-13(16)12-8-5-4-7-11(12)10-14-15/h2,4-5,7-8,10H,1,3,6,9H2. The van der Waals surface area contributed by atoms with E-state index in [-0.39, 0.29) is 5.56 Å². The first-order chi connectivity index (χ1) is 7.83. The normalized spacial score (nSPS) is 10.5. The van der Waals surface area contributed by atoms with E-state index in [9.17, 15) is 4.79 Å². The number of aryl methyl sites for hydroxylation is 1. The van der Waals surface area contributed by atoms with Crippen molar-refractivity contribution < 1.29 is 0 Å². The predicted molar refractivity (Wildman–Crippen MR) is 65.4 cm³/mol. The third-order valence-electron chi connectivity index (χ3n) is 2.54. The zero-order valence-corrected chi connectivity index (χ0v) is 9.10. The molecule has 0 spiro atoms. The predicted octanol–water partition coefficient (Wildman–Crippen LogP) is 2.36. The highest BCUT2D eigenvalue weighted by Crippen LogP contribution is 2.06. The summed E-state index contributed by atoms with van der Waals surface area (Å²) in [7, 11) is 0. The Morgan fingerprint density at radius 3 is 3.00 bits per heavy atom. The number of aromatic nitrogens is 2. The Labute approximate surface area is 94.0 Å². The lowest BCUT2D eigenvalue weighted by Crippen LogP contribution is -2.22. The molecule has 0 bridgehead atoms. The van der Waals surface area contributed by atoms with Crippen molar-refractivity contribution in [3.63, 3.8) is 0 Å². The molecule has 2 rings (SSSR count). The van der Waals surface area contributed by atoms with Crippen LogP contribution in [0.3, 0.4) is 0 Å². The van der Waals surface area contributed by atoms with Gasteiger partial charge in [-0.1, -0.05) is 24.3 Å². The molecule has 0 aliphatic heterocycles. The van der Waals surface area contributed by atoms with Crippen LogP contribution in [-0.2, 0) is 6.54 Å². The second kappa shape index (κ2) is 4.75. The summed E-state index contributed by atoms with van der Waals surface area (Å²) in [4.78, 5) is 12.0. The van der Waals surface area contributed by atoms with E-state index in [4.69, 9.17) is 0 Å². The molecule has 1 heterocycles. The van der Waals surface area contributed by atoms with Gasteiger partial charge in [-0.15, -0.1) is 6.58 Å². The van der Waals surface area contributed by atoms with E-state index in [2.05, 4.69) is 11.7 Å². The molecule has 0 saturated carbocycles. The minimum atomic E-state index is -0.0119. The largest absolute Gasteiger partial charge is 0.274 e. The number of nitrogens with zero attached hydrogens (tertiary/aromatic N) is 2. The summed E-state index contributed by atoms with van der Waals surface area (Å²) in [6, 6.07) is 7.52. The lowest BCUT2D eigenvalue weighted by molar-refractivity contribution is 0.558. The van der Waals surface area contributed by atoms with E-state index in [0.717, 1.165) is 23.6 Å². The molecule has 1 aromatic heterocycles. The van der Waals surface area contributed by atoms with Crippen LogP contribution in [0, 0.1) is 0 Å². The first-order valence-corrected chi connectivity index (χ1v) is 5.38. The molecule has 0 N–H and O–H groups in total. The monoisotopic (exact) mass is 214 g/mol. The summed E-state index contributed by atoms with van der Waals surface area (Å²) >= 11 is 0. The molecule has 0 fully saturated rings. The summed E-state index contributed by atoms with van der Waals surface area (Å²) in [5, 5.41) is 5.78. The second-order valence-corrected chi connectivity index (χ2v) is 3.69. The van der Waals surface area contributed by atoms with Gasteiger partial charge < -0.3 is 0 Å². The molecule has 3 nitrogen and oxygen atoms in total. The first kappa shape index (κ1) is 10.6. The summed E-state index contributed by atoms with van der Waals surface area (Å²) in [6.07, 6.45) is 5.40. The summed E-state index contributed by atoms with van der Waals surface area (Å²) in [6.45, 7) is 4.30. The van der Waals surface area contributed by atoms with Crippen molar-refractivity contribution in [1.82, 2.24) is 9.78 Å². The van der Waals surface area contributed by atoms with Crippen LogP contribution in [0.25, 0.3) is 10.8 Å². The van der Waals surface area contributed by atoms with E-state index < -0.39 is 0 Å². The zero-order valence-electron chi connectivity index (χ0n) is 9.10. The van der Waals surface area contributed by atoms with Crippen LogP contribution in [0.4, 0.5) is 0 Å². The fourth-order valence-electron chi connectivity index (χ4n) is 1.67. The van der Waals surface area contributed by atoms with Crippen LogP contribution >= 0.6 is 0 Å². The highest BCUT2D eigenvalue weighted by atomic mass is 16.1. The average Bonchev–Trinajstić information content (AvgIpc) is 2.33. The highest BCUT2D eigenvalue weighted by molar-refractivity contribution is 5.80. The number of hydrogen-bond donors (Lipinski definition) is 0. The third kappa shape index (κ3) is 2.03. The lowest BCUT2D eigenvalue weighted by atomic mass is 10.2. The topological polar surface area (TPSA) is 34.9 Å². The summed E-state index contributed by atoms with van der Waals surface area (Å²) in [5.41, 5.74) is -0.0119. The maximum Gasteiger partial charge on any atom is 0.274 e. The maximum atomic E-state index is 12.0. The number of hydrogen-bond acceptors (Lipinski definition) is 2. The molecule has 1 aromatic carbocycles. The van der Waals surface area contributed by atoms with Gasteiger partial charge in [0, 0.05) is 11.9 Å². The van der Waals surface area contributed by atoms with Gasteiger partial charge in [0.15, 0.2) is 0 Å². The van der Waals surface area contributed by atoms with Crippen LogP contribution in [-0.4, -0.2) is 9.78 Å². The fraction of sp³-hybridized carbons (Fsp3) is 0.231. The van der Waals surface area contributed by atoms with E-state index in [1.54, 1.807) is 6.20 Å². The van der Waals surface area contributed by atoms with Crippen LogP contribution in [0.5, 0.6) is 0 Å². The highest BCUT2D eigenvalue weighted by Gasteiger charge is 2.02. The number of allylic oxidation sites excluding steroid dienone is 1. The van der Waals surface area contributed by atoms with Crippen molar-refractivity contribution >= 4 is 10.8 Å². The Bertz CT molecular complexity index is 557. The van der Waals surface area contributed by atoms with Gasteiger partial charge in [0.2, 0.25) is 0 Å². The van der Waals surface area contributed by atoms with E-state index in [1.165, 1.54) is 4.68 Å². The Balaban J connectivity index is 2.37. The Morgan fingerprint density at radius 2 is 2.19 bits per heavy atom. The smallest absolute Gasteiger partial charge is 0.267 e. The molecule has 2 aromatic rings. The Morgan fingerprint density at radius 1 is 1.38 bits per heavy atom. The molecule has 82 valence electrons. The average molecular weight is 214 g/mol. The van der Waals surface area contributed by atoms with Gasteiger partial charge in [0.05, 0.1) is 11.6 Å². The van der Waals surface area contributed by atoms with Crippen molar-refractivity contribution in [3.05, 3.63) is 53.5 Å². The quantitative estimate of drug-likeness (QED) is 0.578. The van der Waals surface area contributed by atoms with Crippen molar-refractivity contribution in [1.29, 1.82) is 0 Å². The third-order valence-corrected chi connectivity index (χ3v) is 2.54. The number of unbranched alkanes of at least 4 members (excludes halogenated alkanes) is 1. The molecular weight excluding hydrogens is 200 g/mol. The van der Waals surface area contributed by atoms with Crippen molar-refractivity contribution in [2.45, 2.75) is 19.4 Å². The van der Waals surface area contributed by atoms with Gasteiger partial charge in [-0.05, 0) is 18.9 Å². The minimum Gasteiger partial charge on any atom is -0.267 e. The van der Waals surface area contributed by atoms with E-state index in [1.807, 2.05) is 30.3 Å². The van der Waals surface area contributed by atoms with Crippen molar-refractivity contribution in [3.8, 4) is 0 Å². The van der Waals surface area contributed by atoms with Crippen LogP contribution in [0.15, 0.2) is 47.9 Å².